The summed E-state index contributed by atoms with van der Waals surface area (Å²) in [4.78, 5) is 9.57. The number of rotatable bonds is 4. The standard InChI is InChI=1S/C21H22FN3S/c1-16-2-4-17(5-3-16)21-23-19(15-26-21)14-24-10-12-25(13-11-24)20-8-6-18(22)7-9-20/h2-9,15H,10-14H2,1H3. The Morgan fingerprint density at radius 3 is 2.35 bits per heavy atom. The minimum atomic E-state index is -0.180. The summed E-state index contributed by atoms with van der Waals surface area (Å²) in [5.74, 6) is -0.180. The first-order valence-electron chi connectivity index (χ1n) is 8.92. The fraction of sp³-hybridized carbons (Fsp3) is 0.286. The molecule has 1 saturated heterocycles. The van der Waals surface area contributed by atoms with E-state index in [4.69, 9.17) is 4.98 Å². The van der Waals surface area contributed by atoms with E-state index in [-0.39, 0.29) is 5.82 Å². The Bertz CT molecular complexity index is 850. The van der Waals surface area contributed by atoms with Crippen LogP contribution in [-0.2, 0) is 6.54 Å². The van der Waals surface area contributed by atoms with Crippen molar-refractivity contribution in [3.05, 3.63) is 71.0 Å². The molecule has 0 atom stereocenters. The largest absolute Gasteiger partial charge is 0.369 e. The lowest BCUT2D eigenvalue weighted by atomic mass is 10.2. The van der Waals surface area contributed by atoms with Crippen LogP contribution in [0.3, 0.4) is 0 Å². The summed E-state index contributed by atoms with van der Waals surface area (Å²) in [5, 5.41) is 3.26. The molecule has 0 radical (unpaired) electrons. The molecule has 0 N–H and O–H groups in total. The number of aryl methyl sites for hydroxylation is 1. The summed E-state index contributed by atoms with van der Waals surface area (Å²) in [6.07, 6.45) is 0. The summed E-state index contributed by atoms with van der Waals surface area (Å²) in [6.45, 7) is 6.90. The summed E-state index contributed by atoms with van der Waals surface area (Å²) >= 11 is 1.71. The van der Waals surface area contributed by atoms with Crippen molar-refractivity contribution < 1.29 is 4.39 Å². The van der Waals surface area contributed by atoms with Gasteiger partial charge in [0.2, 0.25) is 0 Å². The molecule has 4 rings (SSSR count). The average Bonchev–Trinajstić information content (AvgIpc) is 3.12. The van der Waals surface area contributed by atoms with Crippen LogP contribution in [0, 0.1) is 12.7 Å². The fourth-order valence-electron chi connectivity index (χ4n) is 3.25. The molecule has 1 aliphatic rings. The van der Waals surface area contributed by atoms with Gasteiger partial charge in [0.05, 0.1) is 5.69 Å². The van der Waals surface area contributed by atoms with Gasteiger partial charge in [0.15, 0.2) is 0 Å². The number of thiazole rings is 1. The lowest BCUT2D eigenvalue weighted by molar-refractivity contribution is 0.247. The van der Waals surface area contributed by atoms with E-state index in [1.165, 1.54) is 23.3 Å². The summed E-state index contributed by atoms with van der Waals surface area (Å²) in [6, 6.07) is 15.3. The quantitative estimate of drug-likeness (QED) is 0.673. The van der Waals surface area contributed by atoms with E-state index in [2.05, 4.69) is 46.4 Å². The van der Waals surface area contributed by atoms with Crippen molar-refractivity contribution in [2.24, 2.45) is 0 Å². The van der Waals surface area contributed by atoms with Gasteiger partial charge >= 0.3 is 0 Å². The van der Waals surface area contributed by atoms with Crippen molar-refractivity contribution >= 4 is 17.0 Å². The van der Waals surface area contributed by atoms with E-state index in [0.717, 1.165) is 49.1 Å². The molecule has 0 spiro atoms. The van der Waals surface area contributed by atoms with Crippen LogP contribution in [0.2, 0.25) is 0 Å². The van der Waals surface area contributed by atoms with Crippen molar-refractivity contribution in [3.63, 3.8) is 0 Å². The van der Waals surface area contributed by atoms with Crippen LogP contribution in [0.5, 0.6) is 0 Å². The zero-order valence-electron chi connectivity index (χ0n) is 14.9. The zero-order chi connectivity index (χ0) is 17.9. The number of aromatic nitrogens is 1. The van der Waals surface area contributed by atoms with Crippen LogP contribution in [-0.4, -0.2) is 36.1 Å². The van der Waals surface area contributed by atoms with Crippen molar-refractivity contribution in [2.45, 2.75) is 13.5 Å². The van der Waals surface area contributed by atoms with Crippen LogP contribution in [0.4, 0.5) is 10.1 Å². The lowest BCUT2D eigenvalue weighted by Crippen LogP contribution is -2.46. The van der Waals surface area contributed by atoms with Crippen LogP contribution >= 0.6 is 11.3 Å². The Labute approximate surface area is 157 Å². The van der Waals surface area contributed by atoms with Crippen molar-refractivity contribution in [3.8, 4) is 10.6 Å². The van der Waals surface area contributed by atoms with Gasteiger partial charge in [-0.3, -0.25) is 4.90 Å². The SMILES string of the molecule is Cc1ccc(-c2nc(CN3CCN(c4ccc(F)cc4)CC3)cs2)cc1. The Morgan fingerprint density at radius 2 is 1.65 bits per heavy atom. The van der Waals surface area contributed by atoms with Crippen LogP contribution in [0.25, 0.3) is 10.6 Å². The van der Waals surface area contributed by atoms with Gasteiger partial charge in [-0.25, -0.2) is 9.37 Å². The fourth-order valence-corrected chi connectivity index (χ4v) is 4.07. The molecule has 1 fully saturated rings. The molecule has 134 valence electrons. The topological polar surface area (TPSA) is 19.4 Å². The number of benzene rings is 2. The second-order valence-electron chi connectivity index (χ2n) is 6.75. The molecule has 0 saturated carbocycles. The smallest absolute Gasteiger partial charge is 0.123 e. The highest BCUT2D eigenvalue weighted by Crippen LogP contribution is 2.25. The first-order chi connectivity index (χ1) is 12.7. The molecule has 0 bridgehead atoms. The van der Waals surface area contributed by atoms with Crippen molar-refractivity contribution in [1.29, 1.82) is 0 Å². The summed E-state index contributed by atoms with van der Waals surface area (Å²) < 4.78 is 13.1. The number of hydrogen-bond acceptors (Lipinski definition) is 4. The molecule has 0 aliphatic carbocycles. The molecule has 2 aromatic carbocycles. The average molecular weight is 367 g/mol. The van der Waals surface area contributed by atoms with E-state index < -0.39 is 0 Å². The third-order valence-corrected chi connectivity index (χ3v) is 5.74. The normalized spacial score (nSPS) is 15.4. The highest BCUT2D eigenvalue weighted by molar-refractivity contribution is 7.13. The minimum absolute atomic E-state index is 0.180. The van der Waals surface area contributed by atoms with E-state index in [0.29, 0.717) is 0 Å². The van der Waals surface area contributed by atoms with Gasteiger partial charge in [-0.1, -0.05) is 29.8 Å². The second-order valence-corrected chi connectivity index (χ2v) is 7.61. The Morgan fingerprint density at radius 1 is 0.962 bits per heavy atom. The Hall–Kier alpha value is -2.24. The van der Waals surface area contributed by atoms with E-state index in [1.54, 1.807) is 11.3 Å². The molecule has 1 aromatic heterocycles. The van der Waals surface area contributed by atoms with E-state index in [1.807, 2.05) is 12.1 Å². The Balaban J connectivity index is 1.34. The highest BCUT2D eigenvalue weighted by atomic mass is 32.1. The molecule has 0 unspecified atom stereocenters. The first kappa shape index (κ1) is 17.2. The van der Waals surface area contributed by atoms with Gasteiger partial charge in [-0.05, 0) is 31.2 Å². The number of halogens is 1. The predicted octanol–water partition coefficient (Wildman–Crippen LogP) is 4.58. The summed E-state index contributed by atoms with van der Waals surface area (Å²) in [5.41, 5.74) is 4.69. The maximum atomic E-state index is 13.1. The van der Waals surface area contributed by atoms with Gasteiger partial charge in [0.1, 0.15) is 10.8 Å². The third kappa shape index (κ3) is 3.94. The highest BCUT2D eigenvalue weighted by Gasteiger charge is 2.18. The molecule has 3 nitrogen and oxygen atoms in total. The molecule has 1 aliphatic heterocycles. The van der Waals surface area contributed by atoms with Crippen LogP contribution < -0.4 is 4.90 Å². The first-order valence-corrected chi connectivity index (χ1v) is 9.80. The number of nitrogens with zero attached hydrogens (tertiary/aromatic N) is 3. The molecule has 3 aromatic rings. The van der Waals surface area contributed by atoms with Gasteiger partial charge in [-0.2, -0.15) is 0 Å². The maximum Gasteiger partial charge on any atom is 0.123 e. The Kier molecular flexibility index (Phi) is 5.00. The van der Waals surface area contributed by atoms with Crippen LogP contribution in [0.15, 0.2) is 53.9 Å². The molecule has 5 heteroatoms. The third-order valence-electron chi connectivity index (χ3n) is 4.80. The lowest BCUT2D eigenvalue weighted by Gasteiger charge is -2.35. The zero-order valence-corrected chi connectivity index (χ0v) is 15.7. The number of anilines is 1. The number of piperazine rings is 1. The van der Waals surface area contributed by atoms with E-state index >= 15 is 0 Å². The molecular weight excluding hydrogens is 345 g/mol. The second kappa shape index (κ2) is 7.56. The number of hydrogen-bond donors (Lipinski definition) is 0. The van der Waals surface area contributed by atoms with Crippen molar-refractivity contribution in [2.75, 3.05) is 31.1 Å². The summed E-state index contributed by atoms with van der Waals surface area (Å²) in [7, 11) is 0. The van der Waals surface area contributed by atoms with Gasteiger partial charge < -0.3 is 4.90 Å². The van der Waals surface area contributed by atoms with Crippen molar-refractivity contribution in [1.82, 2.24) is 9.88 Å². The minimum Gasteiger partial charge on any atom is -0.369 e. The monoisotopic (exact) mass is 367 g/mol. The molecular formula is C21H22FN3S. The molecule has 26 heavy (non-hydrogen) atoms. The maximum absolute atomic E-state index is 13.1. The van der Waals surface area contributed by atoms with Gasteiger partial charge in [-0.15, -0.1) is 11.3 Å². The molecule has 0 amide bonds. The molecule has 2 heterocycles. The van der Waals surface area contributed by atoms with Crippen LogP contribution in [0.1, 0.15) is 11.3 Å². The van der Waals surface area contributed by atoms with E-state index in [9.17, 15) is 4.39 Å². The predicted molar refractivity (Wildman–Crippen MR) is 106 cm³/mol. The van der Waals surface area contributed by atoms with Gasteiger partial charge in [0, 0.05) is 49.4 Å². The van der Waals surface area contributed by atoms with Gasteiger partial charge in [0.25, 0.3) is 0 Å².